The summed E-state index contributed by atoms with van der Waals surface area (Å²) >= 11 is 9.12. The Bertz CT molecular complexity index is 634. The van der Waals surface area contributed by atoms with Crippen LogP contribution < -0.4 is 5.32 Å². The Morgan fingerprint density at radius 3 is 2.60 bits per heavy atom. The van der Waals surface area contributed by atoms with Crippen molar-refractivity contribution in [2.45, 2.75) is 13.0 Å². The number of hydrogen-bond donors (Lipinski definition) is 1. The van der Waals surface area contributed by atoms with Crippen molar-refractivity contribution in [1.82, 2.24) is 4.98 Å². The highest BCUT2D eigenvalue weighted by Gasteiger charge is 2.13. The third-order valence-corrected chi connectivity index (χ3v) is 3.62. The van der Waals surface area contributed by atoms with E-state index >= 15 is 0 Å². The Morgan fingerprint density at radius 1 is 1.40 bits per heavy atom. The molecule has 0 aliphatic rings. The molecule has 0 spiro atoms. The fourth-order valence-electron chi connectivity index (χ4n) is 1.67. The van der Waals surface area contributed by atoms with Crippen LogP contribution in [0.2, 0.25) is 5.02 Å². The van der Waals surface area contributed by atoms with Gasteiger partial charge in [-0.1, -0.05) is 23.7 Å². The second kappa shape index (κ2) is 6.19. The summed E-state index contributed by atoms with van der Waals surface area (Å²) in [5.41, 5.74) is 0.989. The standard InChI is InChI=1S/C13H11BrClN3O2/c1-8(9-2-4-10(15)5-3-9)17-13-12(14)6-11(7-16-13)18(19)20/h2-8H,1H3,(H,16,17). The Kier molecular flexibility index (Phi) is 4.57. The van der Waals surface area contributed by atoms with Crippen LogP contribution in [0.1, 0.15) is 18.5 Å². The van der Waals surface area contributed by atoms with Gasteiger partial charge in [0.25, 0.3) is 5.69 Å². The van der Waals surface area contributed by atoms with Gasteiger partial charge in [-0.05, 0) is 40.5 Å². The van der Waals surface area contributed by atoms with Gasteiger partial charge in [-0.2, -0.15) is 0 Å². The first-order valence-electron chi connectivity index (χ1n) is 5.79. The molecule has 0 aliphatic heterocycles. The number of aromatic nitrogens is 1. The zero-order valence-corrected chi connectivity index (χ0v) is 12.9. The van der Waals surface area contributed by atoms with E-state index in [-0.39, 0.29) is 11.7 Å². The minimum atomic E-state index is -0.482. The highest BCUT2D eigenvalue weighted by molar-refractivity contribution is 9.10. The van der Waals surface area contributed by atoms with Crippen molar-refractivity contribution >= 4 is 39.0 Å². The predicted octanol–water partition coefficient (Wildman–Crippen LogP) is 4.58. The first-order chi connectivity index (χ1) is 9.47. The van der Waals surface area contributed by atoms with Gasteiger partial charge in [-0.3, -0.25) is 10.1 Å². The van der Waals surface area contributed by atoms with Crippen LogP contribution in [-0.4, -0.2) is 9.91 Å². The van der Waals surface area contributed by atoms with Crippen LogP contribution in [0.25, 0.3) is 0 Å². The normalized spacial score (nSPS) is 11.9. The topological polar surface area (TPSA) is 68.1 Å². The van der Waals surface area contributed by atoms with E-state index < -0.39 is 4.92 Å². The van der Waals surface area contributed by atoms with Crippen LogP contribution in [-0.2, 0) is 0 Å². The maximum atomic E-state index is 10.7. The van der Waals surface area contributed by atoms with Crippen molar-refractivity contribution in [1.29, 1.82) is 0 Å². The second-order valence-corrected chi connectivity index (χ2v) is 5.49. The van der Waals surface area contributed by atoms with Crippen LogP contribution in [0, 0.1) is 10.1 Å². The molecule has 0 saturated heterocycles. The van der Waals surface area contributed by atoms with E-state index in [1.165, 1.54) is 12.3 Å². The quantitative estimate of drug-likeness (QED) is 0.643. The van der Waals surface area contributed by atoms with E-state index in [1.807, 2.05) is 31.2 Å². The first kappa shape index (κ1) is 14.7. The first-order valence-corrected chi connectivity index (χ1v) is 6.96. The molecule has 104 valence electrons. The number of nitrogens with zero attached hydrogens (tertiary/aromatic N) is 2. The Hall–Kier alpha value is -1.66. The lowest BCUT2D eigenvalue weighted by molar-refractivity contribution is -0.385. The highest BCUT2D eigenvalue weighted by Crippen LogP contribution is 2.28. The van der Waals surface area contributed by atoms with Crippen molar-refractivity contribution in [3.05, 3.63) is 61.7 Å². The molecule has 0 aliphatic carbocycles. The number of pyridine rings is 1. The zero-order valence-electron chi connectivity index (χ0n) is 10.5. The Balaban J connectivity index is 2.17. The molecule has 1 aromatic heterocycles. The minimum Gasteiger partial charge on any atom is -0.363 e. The van der Waals surface area contributed by atoms with Gasteiger partial charge >= 0.3 is 0 Å². The molecule has 20 heavy (non-hydrogen) atoms. The van der Waals surface area contributed by atoms with Gasteiger partial charge in [0, 0.05) is 17.1 Å². The molecule has 1 atom stereocenters. The molecule has 0 bridgehead atoms. The van der Waals surface area contributed by atoms with Crippen molar-refractivity contribution < 1.29 is 4.92 Å². The lowest BCUT2D eigenvalue weighted by Gasteiger charge is -2.15. The molecule has 0 radical (unpaired) electrons. The van der Waals surface area contributed by atoms with E-state index in [1.54, 1.807) is 0 Å². The number of nitrogens with one attached hydrogen (secondary N) is 1. The van der Waals surface area contributed by atoms with Crippen LogP contribution in [0.15, 0.2) is 41.0 Å². The van der Waals surface area contributed by atoms with Crippen LogP contribution >= 0.6 is 27.5 Å². The van der Waals surface area contributed by atoms with E-state index in [4.69, 9.17) is 11.6 Å². The molecule has 0 saturated carbocycles. The van der Waals surface area contributed by atoms with Gasteiger partial charge in [0.05, 0.1) is 9.40 Å². The van der Waals surface area contributed by atoms with E-state index in [0.717, 1.165) is 5.56 Å². The van der Waals surface area contributed by atoms with E-state index in [9.17, 15) is 10.1 Å². The number of anilines is 1. The zero-order chi connectivity index (χ0) is 14.7. The molecule has 1 unspecified atom stereocenters. The molecule has 1 heterocycles. The molecule has 1 N–H and O–H groups in total. The van der Waals surface area contributed by atoms with Crippen molar-refractivity contribution in [3.8, 4) is 0 Å². The van der Waals surface area contributed by atoms with Gasteiger partial charge in [-0.15, -0.1) is 0 Å². The molecule has 0 fully saturated rings. The van der Waals surface area contributed by atoms with Gasteiger partial charge in [-0.25, -0.2) is 4.98 Å². The van der Waals surface area contributed by atoms with Crippen LogP contribution in [0.3, 0.4) is 0 Å². The molecular weight excluding hydrogens is 346 g/mol. The van der Waals surface area contributed by atoms with Gasteiger partial charge in [0.15, 0.2) is 0 Å². The number of hydrogen-bond acceptors (Lipinski definition) is 4. The summed E-state index contributed by atoms with van der Waals surface area (Å²) in [6.45, 7) is 1.97. The molecule has 5 nitrogen and oxygen atoms in total. The summed E-state index contributed by atoms with van der Waals surface area (Å²) in [4.78, 5) is 14.2. The monoisotopic (exact) mass is 355 g/mol. The van der Waals surface area contributed by atoms with Gasteiger partial charge in [0.2, 0.25) is 0 Å². The minimum absolute atomic E-state index is 0.00229. The summed E-state index contributed by atoms with van der Waals surface area (Å²) in [5, 5.41) is 14.5. The Labute approximate surface area is 129 Å². The average molecular weight is 357 g/mol. The SMILES string of the molecule is CC(Nc1ncc([N+](=O)[O-])cc1Br)c1ccc(Cl)cc1. The molecule has 2 rings (SSSR count). The van der Waals surface area contributed by atoms with Crippen LogP contribution in [0.5, 0.6) is 0 Å². The van der Waals surface area contributed by atoms with Gasteiger partial charge < -0.3 is 5.32 Å². The molecule has 7 heteroatoms. The van der Waals surface area contributed by atoms with Crippen molar-refractivity contribution in [2.75, 3.05) is 5.32 Å². The molecule has 2 aromatic rings. The highest BCUT2D eigenvalue weighted by atomic mass is 79.9. The number of rotatable bonds is 4. The molecular formula is C13H11BrClN3O2. The van der Waals surface area contributed by atoms with Crippen molar-refractivity contribution in [2.24, 2.45) is 0 Å². The van der Waals surface area contributed by atoms with Crippen molar-refractivity contribution in [3.63, 3.8) is 0 Å². The largest absolute Gasteiger partial charge is 0.363 e. The lowest BCUT2D eigenvalue weighted by Crippen LogP contribution is -2.08. The fraction of sp³-hybridized carbons (Fsp3) is 0.154. The molecule has 0 amide bonds. The fourth-order valence-corrected chi connectivity index (χ4v) is 2.25. The maximum Gasteiger partial charge on any atom is 0.288 e. The summed E-state index contributed by atoms with van der Waals surface area (Å²) in [6, 6.07) is 8.88. The summed E-state index contributed by atoms with van der Waals surface area (Å²) in [5.74, 6) is 0.554. The maximum absolute atomic E-state index is 10.7. The summed E-state index contributed by atoms with van der Waals surface area (Å²) < 4.78 is 0.549. The summed E-state index contributed by atoms with van der Waals surface area (Å²) in [6.07, 6.45) is 1.22. The number of nitro groups is 1. The van der Waals surface area contributed by atoms with Gasteiger partial charge in [0.1, 0.15) is 12.0 Å². The lowest BCUT2D eigenvalue weighted by atomic mass is 10.1. The predicted molar refractivity (Wildman–Crippen MR) is 82.1 cm³/mol. The second-order valence-electron chi connectivity index (χ2n) is 4.20. The number of benzene rings is 1. The van der Waals surface area contributed by atoms with E-state index in [0.29, 0.717) is 15.3 Å². The van der Waals surface area contributed by atoms with E-state index in [2.05, 4.69) is 26.2 Å². The smallest absolute Gasteiger partial charge is 0.288 e. The van der Waals surface area contributed by atoms with Crippen LogP contribution in [0.4, 0.5) is 11.5 Å². The number of halogens is 2. The Morgan fingerprint density at radius 2 is 2.05 bits per heavy atom. The third kappa shape index (κ3) is 3.46. The molecule has 1 aromatic carbocycles. The summed E-state index contributed by atoms with van der Waals surface area (Å²) in [7, 11) is 0. The average Bonchev–Trinajstić information content (AvgIpc) is 2.41. The third-order valence-electron chi connectivity index (χ3n) is 2.76.